The lowest BCUT2D eigenvalue weighted by Gasteiger charge is -2.32. The lowest BCUT2D eigenvalue weighted by Crippen LogP contribution is -2.45. The molecule has 0 spiro atoms. The second-order valence-electron chi connectivity index (χ2n) is 8.29. The standard InChI is InChI=1S/C24H39N5/c1-3-25-24(26-13-7-8-14-28-19-17-27(2)18-20-28)29-15-11-23(12-16-29)21-22-9-5-4-6-10-22/h4-6,9-10,21H,3,7-8,11-20H2,1-2H3,(H,25,26). The van der Waals surface area contributed by atoms with Crippen LogP contribution in [-0.2, 0) is 0 Å². The van der Waals surface area contributed by atoms with Crippen molar-refractivity contribution in [3.05, 3.63) is 41.5 Å². The summed E-state index contributed by atoms with van der Waals surface area (Å²) >= 11 is 0. The molecule has 2 fully saturated rings. The van der Waals surface area contributed by atoms with E-state index in [1.165, 1.54) is 51.1 Å². The monoisotopic (exact) mass is 397 g/mol. The molecule has 0 atom stereocenters. The molecule has 2 aliphatic heterocycles. The van der Waals surface area contributed by atoms with E-state index in [1.54, 1.807) is 5.57 Å². The molecule has 5 heteroatoms. The summed E-state index contributed by atoms with van der Waals surface area (Å²) < 4.78 is 0. The Kier molecular flexibility index (Phi) is 9.03. The van der Waals surface area contributed by atoms with Gasteiger partial charge in [0.05, 0.1) is 0 Å². The van der Waals surface area contributed by atoms with Crippen LogP contribution in [0.5, 0.6) is 0 Å². The Morgan fingerprint density at radius 3 is 2.41 bits per heavy atom. The third kappa shape index (κ3) is 7.48. The van der Waals surface area contributed by atoms with Gasteiger partial charge in [-0.2, -0.15) is 0 Å². The molecule has 0 aliphatic carbocycles. The first kappa shape index (κ1) is 21.8. The normalized spacial score (nSPS) is 19.4. The van der Waals surface area contributed by atoms with Crippen LogP contribution in [0.25, 0.3) is 6.08 Å². The van der Waals surface area contributed by atoms with Gasteiger partial charge in [-0.3, -0.25) is 4.99 Å². The van der Waals surface area contributed by atoms with Crippen LogP contribution >= 0.6 is 0 Å². The summed E-state index contributed by atoms with van der Waals surface area (Å²) in [6.45, 7) is 12.2. The Balaban J connectivity index is 1.40. The summed E-state index contributed by atoms with van der Waals surface area (Å²) in [4.78, 5) is 12.4. The minimum atomic E-state index is 0.930. The molecule has 0 amide bonds. The van der Waals surface area contributed by atoms with Crippen molar-refractivity contribution < 1.29 is 0 Å². The smallest absolute Gasteiger partial charge is 0.193 e. The molecule has 2 heterocycles. The van der Waals surface area contributed by atoms with Crippen LogP contribution in [0.1, 0.15) is 38.2 Å². The highest BCUT2D eigenvalue weighted by atomic mass is 15.3. The molecule has 3 rings (SSSR count). The number of piperazine rings is 1. The molecule has 1 N–H and O–H groups in total. The van der Waals surface area contributed by atoms with Gasteiger partial charge in [0.2, 0.25) is 0 Å². The quantitative estimate of drug-likeness (QED) is 0.435. The number of likely N-dealkylation sites (N-methyl/N-ethyl adjacent to an activating group) is 1. The maximum atomic E-state index is 4.93. The number of benzene rings is 1. The molecule has 2 saturated heterocycles. The molecule has 0 saturated carbocycles. The van der Waals surface area contributed by atoms with Crippen molar-refractivity contribution >= 4 is 12.0 Å². The Labute approximate surface area is 177 Å². The van der Waals surface area contributed by atoms with Gasteiger partial charge in [-0.25, -0.2) is 0 Å². The van der Waals surface area contributed by atoms with E-state index in [0.717, 1.165) is 45.0 Å². The predicted octanol–water partition coefficient (Wildman–Crippen LogP) is 3.16. The zero-order valence-corrected chi connectivity index (χ0v) is 18.4. The van der Waals surface area contributed by atoms with Gasteiger partial charge in [0, 0.05) is 52.4 Å². The number of hydrogen-bond acceptors (Lipinski definition) is 3. The summed E-state index contributed by atoms with van der Waals surface area (Å²) in [6, 6.07) is 10.7. The van der Waals surface area contributed by atoms with Gasteiger partial charge in [0.15, 0.2) is 5.96 Å². The number of nitrogens with one attached hydrogen (secondary N) is 1. The van der Waals surface area contributed by atoms with Crippen LogP contribution in [0.4, 0.5) is 0 Å². The Morgan fingerprint density at radius 2 is 1.72 bits per heavy atom. The summed E-state index contributed by atoms with van der Waals surface area (Å²) in [7, 11) is 2.22. The van der Waals surface area contributed by atoms with Crippen molar-refractivity contribution in [2.75, 3.05) is 66.0 Å². The molecule has 0 bridgehead atoms. The molecule has 0 radical (unpaired) electrons. The highest BCUT2D eigenvalue weighted by Gasteiger charge is 2.17. The molecule has 0 aromatic heterocycles. The summed E-state index contributed by atoms with van der Waals surface area (Å²) in [5, 5.41) is 3.50. The van der Waals surface area contributed by atoms with Crippen LogP contribution in [0, 0.1) is 0 Å². The highest BCUT2D eigenvalue weighted by molar-refractivity contribution is 5.80. The average Bonchev–Trinajstić information content (AvgIpc) is 2.75. The van der Waals surface area contributed by atoms with Gasteiger partial charge >= 0.3 is 0 Å². The maximum Gasteiger partial charge on any atom is 0.193 e. The van der Waals surface area contributed by atoms with Gasteiger partial charge in [0.25, 0.3) is 0 Å². The number of rotatable bonds is 7. The fourth-order valence-corrected chi connectivity index (χ4v) is 4.06. The molecule has 1 aromatic rings. The van der Waals surface area contributed by atoms with Crippen molar-refractivity contribution in [2.24, 2.45) is 4.99 Å². The van der Waals surface area contributed by atoms with Crippen LogP contribution in [0.2, 0.25) is 0 Å². The minimum absolute atomic E-state index is 0.930. The summed E-state index contributed by atoms with van der Waals surface area (Å²) in [5.41, 5.74) is 2.87. The fraction of sp³-hybridized carbons (Fsp3) is 0.625. The van der Waals surface area contributed by atoms with Crippen molar-refractivity contribution in [2.45, 2.75) is 32.6 Å². The predicted molar refractivity (Wildman–Crippen MR) is 124 cm³/mol. The molecule has 1 aromatic carbocycles. The lowest BCUT2D eigenvalue weighted by atomic mass is 10.0. The number of aliphatic imine (C=N–C) groups is 1. The van der Waals surface area contributed by atoms with E-state index in [1.807, 2.05) is 0 Å². The van der Waals surface area contributed by atoms with Gasteiger partial charge in [-0.1, -0.05) is 42.0 Å². The number of guanidine groups is 1. The second kappa shape index (κ2) is 12.0. The Hall–Kier alpha value is -1.85. The third-order valence-electron chi connectivity index (χ3n) is 5.95. The van der Waals surface area contributed by atoms with Crippen LogP contribution in [-0.4, -0.2) is 86.6 Å². The van der Waals surface area contributed by atoms with E-state index in [4.69, 9.17) is 4.99 Å². The van der Waals surface area contributed by atoms with Crippen molar-refractivity contribution in [3.63, 3.8) is 0 Å². The van der Waals surface area contributed by atoms with Crippen molar-refractivity contribution in [3.8, 4) is 0 Å². The van der Waals surface area contributed by atoms with Gasteiger partial charge in [0.1, 0.15) is 0 Å². The highest BCUT2D eigenvalue weighted by Crippen LogP contribution is 2.19. The first-order valence-corrected chi connectivity index (χ1v) is 11.4. The maximum absolute atomic E-state index is 4.93. The summed E-state index contributed by atoms with van der Waals surface area (Å²) in [6.07, 6.45) is 7.04. The van der Waals surface area contributed by atoms with Gasteiger partial charge in [-0.05, 0) is 51.8 Å². The average molecular weight is 398 g/mol. The lowest BCUT2D eigenvalue weighted by molar-refractivity contribution is 0.152. The molecule has 5 nitrogen and oxygen atoms in total. The third-order valence-corrected chi connectivity index (χ3v) is 5.95. The van der Waals surface area contributed by atoms with E-state index in [0.29, 0.717) is 0 Å². The van der Waals surface area contributed by atoms with E-state index in [2.05, 4.69) is 70.4 Å². The molecule has 160 valence electrons. The number of nitrogens with zero attached hydrogens (tertiary/aromatic N) is 4. The molecular formula is C24H39N5. The zero-order valence-electron chi connectivity index (χ0n) is 18.4. The Bertz CT molecular complexity index is 636. The van der Waals surface area contributed by atoms with E-state index >= 15 is 0 Å². The topological polar surface area (TPSA) is 34.1 Å². The van der Waals surface area contributed by atoms with Crippen molar-refractivity contribution in [1.82, 2.24) is 20.0 Å². The van der Waals surface area contributed by atoms with Crippen LogP contribution < -0.4 is 5.32 Å². The van der Waals surface area contributed by atoms with Crippen LogP contribution in [0.15, 0.2) is 40.9 Å². The Morgan fingerprint density at radius 1 is 1.00 bits per heavy atom. The van der Waals surface area contributed by atoms with Gasteiger partial charge in [-0.15, -0.1) is 0 Å². The largest absolute Gasteiger partial charge is 0.357 e. The fourth-order valence-electron chi connectivity index (χ4n) is 4.06. The van der Waals surface area contributed by atoms with Crippen LogP contribution in [0.3, 0.4) is 0 Å². The number of likely N-dealkylation sites (tertiary alicyclic amines) is 1. The molecule has 29 heavy (non-hydrogen) atoms. The van der Waals surface area contributed by atoms with E-state index < -0.39 is 0 Å². The first-order chi connectivity index (χ1) is 14.2. The second-order valence-corrected chi connectivity index (χ2v) is 8.29. The summed E-state index contributed by atoms with van der Waals surface area (Å²) in [5.74, 6) is 1.10. The van der Waals surface area contributed by atoms with E-state index in [-0.39, 0.29) is 0 Å². The molecular weight excluding hydrogens is 358 g/mol. The number of hydrogen-bond donors (Lipinski definition) is 1. The minimum Gasteiger partial charge on any atom is -0.357 e. The van der Waals surface area contributed by atoms with Crippen molar-refractivity contribution in [1.29, 1.82) is 0 Å². The molecule has 0 unspecified atom stereocenters. The first-order valence-electron chi connectivity index (χ1n) is 11.4. The number of piperidine rings is 1. The SMILES string of the molecule is CCNC(=NCCCCN1CCN(C)CC1)N1CCC(=Cc2ccccc2)CC1. The van der Waals surface area contributed by atoms with Gasteiger partial charge < -0.3 is 20.0 Å². The van der Waals surface area contributed by atoms with E-state index in [9.17, 15) is 0 Å². The number of unbranched alkanes of at least 4 members (excludes halogenated alkanes) is 1. The zero-order chi connectivity index (χ0) is 20.3. The molecule has 2 aliphatic rings.